The average molecular weight is 308 g/mol. The Labute approximate surface area is 131 Å². The minimum atomic E-state index is 0.634. The molecule has 2 aromatic rings. The Bertz CT molecular complexity index is 581. The second-order valence-corrected chi connectivity index (χ2v) is 5.90. The minimum Gasteiger partial charge on any atom is -0.496 e. The molecule has 1 heterocycles. The van der Waals surface area contributed by atoms with Crippen LogP contribution in [0.25, 0.3) is 0 Å². The largest absolute Gasteiger partial charge is 0.496 e. The van der Waals surface area contributed by atoms with E-state index in [-0.39, 0.29) is 0 Å². The molecule has 0 amide bonds. The van der Waals surface area contributed by atoms with Crippen LogP contribution < -0.4 is 10.1 Å². The molecule has 0 aliphatic carbocycles. The molecule has 0 saturated carbocycles. The summed E-state index contributed by atoms with van der Waals surface area (Å²) in [5.41, 5.74) is 2.18. The van der Waals surface area contributed by atoms with E-state index in [1.54, 1.807) is 7.11 Å². The number of methoxy groups -OCH3 is 1. The topological polar surface area (TPSA) is 39.1 Å². The van der Waals surface area contributed by atoms with Gasteiger partial charge in [-0.2, -0.15) is 5.10 Å². The Kier molecular flexibility index (Phi) is 5.65. The zero-order valence-corrected chi connectivity index (χ0v) is 13.5. The highest BCUT2D eigenvalue weighted by molar-refractivity contribution is 6.30. The van der Waals surface area contributed by atoms with Gasteiger partial charge in [-0.15, -0.1) is 0 Å². The number of hydrogen-bond donors (Lipinski definition) is 1. The molecular formula is C16H22ClN3O. The van der Waals surface area contributed by atoms with Crippen molar-refractivity contribution < 1.29 is 4.74 Å². The van der Waals surface area contributed by atoms with Gasteiger partial charge >= 0.3 is 0 Å². The summed E-state index contributed by atoms with van der Waals surface area (Å²) in [7, 11) is 1.67. The highest BCUT2D eigenvalue weighted by atomic mass is 35.5. The van der Waals surface area contributed by atoms with Gasteiger partial charge in [0, 0.05) is 23.3 Å². The van der Waals surface area contributed by atoms with Crippen molar-refractivity contribution in [2.24, 2.45) is 5.92 Å². The number of hydrogen-bond acceptors (Lipinski definition) is 3. The van der Waals surface area contributed by atoms with Gasteiger partial charge in [0.25, 0.3) is 0 Å². The van der Waals surface area contributed by atoms with Crippen LogP contribution in [-0.4, -0.2) is 23.4 Å². The van der Waals surface area contributed by atoms with Crippen LogP contribution in [0.3, 0.4) is 0 Å². The maximum absolute atomic E-state index is 6.07. The number of nitrogens with one attached hydrogen (secondary N) is 1. The Hall–Kier alpha value is -1.52. The third kappa shape index (κ3) is 4.48. The Morgan fingerprint density at radius 1 is 1.33 bits per heavy atom. The van der Waals surface area contributed by atoms with E-state index in [0.29, 0.717) is 17.5 Å². The summed E-state index contributed by atoms with van der Waals surface area (Å²) in [6, 6.07) is 7.67. The first-order valence-corrected chi connectivity index (χ1v) is 7.51. The van der Waals surface area contributed by atoms with Gasteiger partial charge in [-0.3, -0.25) is 4.68 Å². The van der Waals surface area contributed by atoms with Crippen LogP contribution in [0.1, 0.15) is 25.1 Å². The second-order valence-electron chi connectivity index (χ2n) is 5.46. The van der Waals surface area contributed by atoms with Crippen LogP contribution in [0.4, 0.5) is 0 Å². The molecule has 0 radical (unpaired) electrons. The number of benzene rings is 1. The molecule has 1 aromatic heterocycles. The monoisotopic (exact) mass is 307 g/mol. The van der Waals surface area contributed by atoms with Crippen LogP contribution in [0.5, 0.6) is 5.75 Å². The Balaban J connectivity index is 2.10. The van der Waals surface area contributed by atoms with Crippen molar-refractivity contribution in [2.45, 2.75) is 26.9 Å². The van der Waals surface area contributed by atoms with E-state index >= 15 is 0 Å². The lowest BCUT2D eigenvalue weighted by atomic mass is 10.2. The van der Waals surface area contributed by atoms with E-state index in [1.807, 2.05) is 35.1 Å². The van der Waals surface area contributed by atoms with Gasteiger partial charge in [-0.25, -0.2) is 0 Å². The summed E-state index contributed by atoms with van der Waals surface area (Å²) in [5.74, 6) is 1.46. The number of nitrogens with zero attached hydrogens (tertiary/aromatic N) is 2. The van der Waals surface area contributed by atoms with Crippen molar-refractivity contribution in [1.29, 1.82) is 0 Å². The van der Waals surface area contributed by atoms with Crippen LogP contribution in [-0.2, 0) is 13.1 Å². The van der Waals surface area contributed by atoms with Gasteiger partial charge in [-0.05, 0) is 36.7 Å². The van der Waals surface area contributed by atoms with Gasteiger partial charge in [0.2, 0.25) is 0 Å². The van der Waals surface area contributed by atoms with Gasteiger partial charge < -0.3 is 10.1 Å². The third-order valence-corrected chi connectivity index (χ3v) is 3.46. The maximum Gasteiger partial charge on any atom is 0.124 e. The lowest BCUT2D eigenvalue weighted by molar-refractivity contribution is 0.406. The third-order valence-electron chi connectivity index (χ3n) is 3.23. The molecule has 1 N–H and O–H groups in total. The molecule has 0 aliphatic rings. The molecule has 0 saturated heterocycles. The van der Waals surface area contributed by atoms with Crippen LogP contribution >= 0.6 is 11.6 Å². The van der Waals surface area contributed by atoms with E-state index in [0.717, 1.165) is 30.1 Å². The lowest BCUT2D eigenvalue weighted by Gasteiger charge is -2.12. The first-order valence-electron chi connectivity index (χ1n) is 7.14. The highest BCUT2D eigenvalue weighted by Crippen LogP contribution is 2.23. The van der Waals surface area contributed by atoms with Crippen molar-refractivity contribution in [3.8, 4) is 5.75 Å². The summed E-state index contributed by atoms with van der Waals surface area (Å²) < 4.78 is 7.36. The van der Waals surface area contributed by atoms with E-state index in [4.69, 9.17) is 16.3 Å². The normalized spacial score (nSPS) is 11.1. The maximum atomic E-state index is 6.07. The Morgan fingerprint density at radius 2 is 2.14 bits per heavy atom. The SMILES string of the molecule is COc1ccc(Cl)cc1Cn1nccc1CNCC(C)C. The second kappa shape index (κ2) is 7.48. The molecule has 0 unspecified atom stereocenters. The quantitative estimate of drug-likeness (QED) is 0.852. The molecule has 0 spiro atoms. The first-order chi connectivity index (χ1) is 10.1. The molecule has 1 aromatic carbocycles. The number of ether oxygens (including phenoxy) is 1. The summed E-state index contributed by atoms with van der Waals surface area (Å²) in [6.45, 7) is 6.84. The standard InChI is InChI=1S/C16H22ClN3O/c1-12(2)9-18-10-15-6-7-19-20(15)11-13-8-14(17)4-5-16(13)21-3/h4-8,12,18H,9-11H2,1-3H3. The number of rotatable bonds is 7. The summed E-state index contributed by atoms with van der Waals surface area (Å²) in [5, 5.41) is 8.53. The van der Waals surface area contributed by atoms with Gasteiger partial charge in [0.05, 0.1) is 19.3 Å². The molecule has 21 heavy (non-hydrogen) atoms. The molecule has 0 bridgehead atoms. The van der Waals surface area contributed by atoms with E-state index in [1.165, 1.54) is 0 Å². The Morgan fingerprint density at radius 3 is 2.86 bits per heavy atom. The molecule has 2 rings (SSSR count). The van der Waals surface area contributed by atoms with Crippen molar-refractivity contribution >= 4 is 11.6 Å². The smallest absolute Gasteiger partial charge is 0.124 e. The first kappa shape index (κ1) is 15.9. The fourth-order valence-electron chi connectivity index (χ4n) is 2.17. The average Bonchev–Trinajstić information content (AvgIpc) is 2.86. The predicted octanol–water partition coefficient (Wildman–Crippen LogP) is 3.34. The van der Waals surface area contributed by atoms with Crippen LogP contribution in [0, 0.1) is 5.92 Å². The molecule has 0 atom stereocenters. The highest BCUT2D eigenvalue weighted by Gasteiger charge is 2.08. The lowest BCUT2D eigenvalue weighted by Crippen LogP contribution is -2.21. The molecule has 0 aliphatic heterocycles. The van der Waals surface area contributed by atoms with Crippen molar-refractivity contribution in [1.82, 2.24) is 15.1 Å². The predicted molar refractivity (Wildman–Crippen MR) is 85.9 cm³/mol. The number of halogens is 1. The molecule has 114 valence electrons. The summed E-state index contributed by atoms with van der Waals surface area (Å²) >= 11 is 6.07. The van der Waals surface area contributed by atoms with Crippen molar-refractivity contribution in [3.63, 3.8) is 0 Å². The fraction of sp³-hybridized carbons (Fsp3) is 0.438. The van der Waals surface area contributed by atoms with Crippen molar-refractivity contribution in [2.75, 3.05) is 13.7 Å². The van der Waals surface area contributed by atoms with Crippen LogP contribution in [0.2, 0.25) is 5.02 Å². The zero-order chi connectivity index (χ0) is 15.2. The van der Waals surface area contributed by atoms with Gasteiger partial charge in [0.15, 0.2) is 0 Å². The van der Waals surface area contributed by atoms with Gasteiger partial charge in [0.1, 0.15) is 5.75 Å². The fourth-order valence-corrected chi connectivity index (χ4v) is 2.37. The summed E-state index contributed by atoms with van der Waals surface area (Å²) in [4.78, 5) is 0. The van der Waals surface area contributed by atoms with Crippen LogP contribution in [0.15, 0.2) is 30.5 Å². The van der Waals surface area contributed by atoms with E-state index in [9.17, 15) is 0 Å². The molecule has 0 fully saturated rings. The molecule has 5 heteroatoms. The van der Waals surface area contributed by atoms with E-state index < -0.39 is 0 Å². The molecular weight excluding hydrogens is 286 g/mol. The molecule has 4 nitrogen and oxygen atoms in total. The van der Waals surface area contributed by atoms with E-state index in [2.05, 4.69) is 24.3 Å². The minimum absolute atomic E-state index is 0.634. The van der Waals surface area contributed by atoms with Crippen molar-refractivity contribution in [3.05, 3.63) is 46.7 Å². The zero-order valence-electron chi connectivity index (χ0n) is 12.8. The number of aromatic nitrogens is 2. The van der Waals surface area contributed by atoms with Gasteiger partial charge in [-0.1, -0.05) is 25.4 Å². The summed E-state index contributed by atoms with van der Waals surface area (Å²) in [6.07, 6.45) is 1.82.